The molecule has 7 heteroatoms. The fraction of sp³-hybridized carbons (Fsp3) is 0.150. The van der Waals surface area contributed by atoms with E-state index in [1.165, 1.54) is 0 Å². The Labute approximate surface area is 166 Å². The number of nitriles is 1. The van der Waals surface area contributed by atoms with Crippen LogP contribution in [0.1, 0.15) is 22.6 Å². The van der Waals surface area contributed by atoms with Crippen LogP contribution in [0.5, 0.6) is 5.88 Å². The molecule has 0 fully saturated rings. The van der Waals surface area contributed by atoms with Crippen LogP contribution in [-0.4, -0.2) is 16.1 Å². The van der Waals surface area contributed by atoms with Gasteiger partial charge in [-0.3, -0.25) is 10.5 Å². The first-order valence-electron chi connectivity index (χ1n) is 8.26. The van der Waals surface area contributed by atoms with Gasteiger partial charge in [-0.15, -0.1) is 5.10 Å². The van der Waals surface area contributed by atoms with Crippen LogP contribution in [0.15, 0.2) is 42.5 Å². The predicted octanol–water partition coefficient (Wildman–Crippen LogP) is 5.33. The number of aryl methyl sites for hydroxylation is 1. The van der Waals surface area contributed by atoms with Gasteiger partial charge >= 0.3 is 0 Å². The predicted molar refractivity (Wildman–Crippen MR) is 105 cm³/mol. The highest BCUT2D eigenvalue weighted by Gasteiger charge is 2.41. The summed E-state index contributed by atoms with van der Waals surface area (Å²) in [5, 5.41) is 26.0. The van der Waals surface area contributed by atoms with E-state index < -0.39 is 5.92 Å². The van der Waals surface area contributed by atoms with E-state index in [9.17, 15) is 5.26 Å². The smallest absolute Gasteiger partial charge is 0.244 e. The van der Waals surface area contributed by atoms with Gasteiger partial charge in [-0.1, -0.05) is 53.5 Å². The number of benzene rings is 2. The topological polar surface area (TPSA) is 85.5 Å². The molecule has 2 unspecified atom stereocenters. The molecule has 0 radical (unpaired) electrons. The van der Waals surface area contributed by atoms with Crippen molar-refractivity contribution in [2.75, 3.05) is 0 Å². The number of rotatable bonds is 2. The second-order valence-electron chi connectivity index (χ2n) is 6.35. The zero-order chi connectivity index (χ0) is 19.1. The van der Waals surface area contributed by atoms with Gasteiger partial charge < -0.3 is 4.74 Å². The average Bonchev–Trinajstić information content (AvgIpc) is 3.07. The third-order valence-corrected chi connectivity index (χ3v) is 5.51. The van der Waals surface area contributed by atoms with E-state index in [1.54, 1.807) is 12.1 Å². The third-order valence-electron chi connectivity index (χ3n) is 4.77. The molecular formula is C20H14Cl2N4O. The van der Waals surface area contributed by atoms with E-state index >= 15 is 0 Å². The van der Waals surface area contributed by atoms with Crippen molar-refractivity contribution in [2.24, 2.45) is 5.92 Å². The lowest BCUT2D eigenvalue weighted by Crippen LogP contribution is -2.31. The Morgan fingerprint density at radius 1 is 1.19 bits per heavy atom. The van der Waals surface area contributed by atoms with Crippen LogP contribution in [0.2, 0.25) is 10.0 Å². The molecular weight excluding hydrogens is 383 g/mol. The summed E-state index contributed by atoms with van der Waals surface area (Å²) in [5.74, 6) is -0.931. The summed E-state index contributed by atoms with van der Waals surface area (Å²) in [7, 11) is 0. The molecule has 2 heterocycles. The number of nitrogens with one attached hydrogen (secondary N) is 2. The van der Waals surface area contributed by atoms with Gasteiger partial charge in [0.1, 0.15) is 5.92 Å². The SMILES string of the molecule is Cc1ccccc1C1c2c(n[nH]c2-c2ccc(Cl)c(Cl)c2)OC(=N)C1C#N. The standard InChI is InChI=1S/C20H14Cl2N4O/c1-10-4-2-3-5-12(10)16-13(9-23)19(24)27-20-17(16)18(25-26-20)11-6-7-14(21)15(22)8-11/h2-8,13,16,24H,1H3,(H,25,26). The van der Waals surface area contributed by atoms with Crippen molar-refractivity contribution in [3.8, 4) is 23.2 Å². The monoisotopic (exact) mass is 396 g/mol. The summed E-state index contributed by atoms with van der Waals surface area (Å²) >= 11 is 12.2. The van der Waals surface area contributed by atoms with Crippen molar-refractivity contribution in [3.05, 3.63) is 69.2 Å². The first kappa shape index (κ1) is 17.6. The molecule has 1 aliphatic rings. The van der Waals surface area contributed by atoms with Crippen LogP contribution in [0.4, 0.5) is 0 Å². The molecule has 4 rings (SSSR count). The van der Waals surface area contributed by atoms with Crippen molar-refractivity contribution in [1.82, 2.24) is 10.2 Å². The molecule has 0 amide bonds. The number of halogens is 2. The Morgan fingerprint density at radius 3 is 2.67 bits per heavy atom. The summed E-state index contributed by atoms with van der Waals surface area (Å²) in [4.78, 5) is 0. The number of H-pyrrole nitrogens is 1. The molecule has 0 aliphatic carbocycles. The largest absolute Gasteiger partial charge is 0.422 e. The summed E-state index contributed by atoms with van der Waals surface area (Å²) in [6, 6.07) is 15.3. The van der Waals surface area contributed by atoms with E-state index in [0.717, 1.165) is 22.3 Å². The molecule has 2 N–H and O–H groups in total. The van der Waals surface area contributed by atoms with E-state index in [0.29, 0.717) is 21.6 Å². The second kappa shape index (κ2) is 6.73. The first-order chi connectivity index (χ1) is 13.0. The van der Waals surface area contributed by atoms with Gasteiger partial charge in [0.15, 0.2) is 0 Å². The molecule has 0 bridgehead atoms. The van der Waals surface area contributed by atoms with Crippen LogP contribution in [-0.2, 0) is 0 Å². The minimum Gasteiger partial charge on any atom is -0.422 e. The lowest BCUT2D eigenvalue weighted by molar-refractivity contribution is 0.437. The Morgan fingerprint density at radius 2 is 1.96 bits per heavy atom. The second-order valence-corrected chi connectivity index (χ2v) is 7.17. The van der Waals surface area contributed by atoms with Crippen molar-refractivity contribution in [1.29, 1.82) is 10.7 Å². The molecule has 1 aromatic heterocycles. The molecule has 2 aromatic carbocycles. The lowest BCUT2D eigenvalue weighted by atomic mass is 9.77. The number of nitrogens with zero attached hydrogens (tertiary/aromatic N) is 2. The van der Waals surface area contributed by atoms with Crippen molar-refractivity contribution in [2.45, 2.75) is 12.8 Å². The molecule has 0 saturated carbocycles. The van der Waals surface area contributed by atoms with Crippen molar-refractivity contribution < 1.29 is 4.74 Å². The number of fused-ring (bicyclic) bond motifs is 1. The Balaban J connectivity index is 1.97. The summed E-state index contributed by atoms with van der Waals surface area (Å²) in [6.07, 6.45) is 0. The van der Waals surface area contributed by atoms with Gasteiger partial charge in [0.2, 0.25) is 11.8 Å². The van der Waals surface area contributed by atoms with Crippen LogP contribution < -0.4 is 4.74 Å². The highest BCUT2D eigenvalue weighted by molar-refractivity contribution is 6.42. The quantitative estimate of drug-likeness (QED) is 0.613. The number of aromatic nitrogens is 2. The van der Waals surface area contributed by atoms with Crippen LogP contribution in [0.25, 0.3) is 11.3 Å². The van der Waals surface area contributed by atoms with E-state index in [-0.39, 0.29) is 11.8 Å². The van der Waals surface area contributed by atoms with Crippen LogP contribution in [0, 0.1) is 29.6 Å². The summed E-state index contributed by atoms with van der Waals surface area (Å²) in [6.45, 7) is 1.99. The maximum atomic E-state index is 9.75. The lowest BCUT2D eigenvalue weighted by Gasteiger charge is -2.29. The minimum atomic E-state index is -0.752. The highest BCUT2D eigenvalue weighted by atomic mass is 35.5. The zero-order valence-corrected chi connectivity index (χ0v) is 15.8. The van der Waals surface area contributed by atoms with Gasteiger partial charge in [-0.05, 0) is 30.2 Å². The van der Waals surface area contributed by atoms with Gasteiger partial charge in [-0.2, -0.15) is 5.26 Å². The molecule has 1 aliphatic heterocycles. The van der Waals surface area contributed by atoms with E-state index in [1.807, 2.05) is 37.3 Å². The van der Waals surface area contributed by atoms with Crippen molar-refractivity contribution in [3.63, 3.8) is 0 Å². The number of hydrogen-bond acceptors (Lipinski definition) is 4. The van der Waals surface area contributed by atoms with Gasteiger partial charge in [0.25, 0.3) is 0 Å². The fourth-order valence-electron chi connectivity index (χ4n) is 3.46. The van der Waals surface area contributed by atoms with Crippen LogP contribution >= 0.6 is 23.2 Å². The van der Waals surface area contributed by atoms with Gasteiger partial charge in [0.05, 0.1) is 27.4 Å². The average molecular weight is 397 g/mol. The number of ether oxygens (including phenoxy) is 1. The Kier molecular flexibility index (Phi) is 4.39. The number of aromatic amines is 1. The van der Waals surface area contributed by atoms with E-state index in [2.05, 4.69) is 16.3 Å². The minimum absolute atomic E-state index is 0.106. The first-order valence-corrected chi connectivity index (χ1v) is 9.02. The molecule has 2 atom stereocenters. The van der Waals surface area contributed by atoms with Gasteiger partial charge in [-0.25, -0.2) is 0 Å². The molecule has 5 nitrogen and oxygen atoms in total. The third kappa shape index (κ3) is 2.87. The maximum Gasteiger partial charge on any atom is 0.244 e. The molecule has 3 aromatic rings. The Bertz CT molecular complexity index is 1100. The zero-order valence-electron chi connectivity index (χ0n) is 14.3. The fourth-order valence-corrected chi connectivity index (χ4v) is 3.76. The highest BCUT2D eigenvalue weighted by Crippen LogP contribution is 2.46. The van der Waals surface area contributed by atoms with Crippen molar-refractivity contribution >= 4 is 29.1 Å². The molecule has 134 valence electrons. The molecule has 0 spiro atoms. The normalized spacial score (nSPS) is 18.5. The molecule has 27 heavy (non-hydrogen) atoms. The van der Waals surface area contributed by atoms with Gasteiger partial charge in [0, 0.05) is 11.5 Å². The summed E-state index contributed by atoms with van der Waals surface area (Å²) < 4.78 is 5.54. The van der Waals surface area contributed by atoms with E-state index in [4.69, 9.17) is 33.3 Å². The Hall–Kier alpha value is -2.81. The maximum absolute atomic E-state index is 9.75. The summed E-state index contributed by atoms with van der Waals surface area (Å²) in [5.41, 5.74) is 4.21. The molecule has 0 saturated heterocycles. The number of hydrogen-bond donors (Lipinski definition) is 2. The van der Waals surface area contributed by atoms with Crippen LogP contribution in [0.3, 0.4) is 0 Å².